The molecule has 0 fully saturated rings. The highest BCUT2D eigenvalue weighted by Crippen LogP contribution is 2.30. The number of nitrogens with zero attached hydrogens (tertiary/aromatic N) is 1. The molecule has 5 nitrogen and oxygen atoms in total. The molecule has 1 unspecified atom stereocenters. The fourth-order valence-electron chi connectivity index (χ4n) is 2.19. The molecule has 1 aliphatic heterocycles. The molecule has 1 aromatic rings. The standard InChI is InChI=1S/C15H17F2NO4/c1-3-21-14(19)15(16,17)9-10-8-12(18-22-10)11-6-4-5-7-13(11)20-2/h4-7,10H,3,8-9H2,1-2H3. The molecular formula is C15H17F2NO4. The number of halogens is 2. The molecule has 22 heavy (non-hydrogen) atoms. The van der Waals surface area contributed by atoms with E-state index in [0.29, 0.717) is 17.0 Å². The Morgan fingerprint density at radius 2 is 2.18 bits per heavy atom. The summed E-state index contributed by atoms with van der Waals surface area (Å²) in [6.07, 6.45) is -1.47. The van der Waals surface area contributed by atoms with Crippen molar-refractivity contribution in [3.8, 4) is 5.75 Å². The average Bonchev–Trinajstić information content (AvgIpc) is 2.95. The van der Waals surface area contributed by atoms with Crippen LogP contribution in [0.3, 0.4) is 0 Å². The molecule has 120 valence electrons. The molecule has 0 saturated heterocycles. The number of carbonyl (C=O) groups is 1. The Kier molecular flexibility index (Phi) is 4.95. The van der Waals surface area contributed by atoms with E-state index in [-0.39, 0.29) is 13.0 Å². The third-order valence-electron chi connectivity index (χ3n) is 3.21. The summed E-state index contributed by atoms with van der Waals surface area (Å²) in [5.74, 6) is -4.54. The van der Waals surface area contributed by atoms with Crippen molar-refractivity contribution in [2.24, 2.45) is 5.16 Å². The van der Waals surface area contributed by atoms with Crippen LogP contribution in [-0.4, -0.2) is 37.4 Å². The Bertz CT molecular complexity index is 574. The second-order valence-corrected chi connectivity index (χ2v) is 4.80. The van der Waals surface area contributed by atoms with Crippen LogP contribution >= 0.6 is 0 Å². The van der Waals surface area contributed by atoms with Crippen molar-refractivity contribution in [3.63, 3.8) is 0 Å². The normalized spacial score (nSPS) is 17.6. The second kappa shape index (κ2) is 6.72. The molecule has 0 aromatic heterocycles. The minimum absolute atomic E-state index is 0.0943. The summed E-state index contributed by atoms with van der Waals surface area (Å²) in [5.41, 5.74) is 1.20. The number of oxime groups is 1. The van der Waals surface area contributed by atoms with Gasteiger partial charge in [-0.2, -0.15) is 8.78 Å². The van der Waals surface area contributed by atoms with E-state index < -0.39 is 24.4 Å². The van der Waals surface area contributed by atoms with E-state index in [0.717, 1.165) is 0 Å². The number of hydrogen-bond acceptors (Lipinski definition) is 5. The molecule has 0 aliphatic carbocycles. The van der Waals surface area contributed by atoms with Gasteiger partial charge in [-0.05, 0) is 19.1 Å². The summed E-state index contributed by atoms with van der Waals surface area (Å²) in [6.45, 7) is 1.38. The summed E-state index contributed by atoms with van der Waals surface area (Å²) in [4.78, 5) is 16.2. The van der Waals surface area contributed by atoms with E-state index in [1.54, 1.807) is 24.3 Å². The van der Waals surface area contributed by atoms with Crippen LogP contribution in [0.1, 0.15) is 25.3 Å². The minimum Gasteiger partial charge on any atom is -0.496 e. The van der Waals surface area contributed by atoms with Gasteiger partial charge < -0.3 is 14.3 Å². The average molecular weight is 313 g/mol. The second-order valence-electron chi connectivity index (χ2n) is 4.80. The maximum Gasteiger partial charge on any atom is 0.377 e. The van der Waals surface area contributed by atoms with Crippen LogP contribution < -0.4 is 4.74 Å². The molecule has 1 atom stereocenters. The number of benzene rings is 1. The third kappa shape index (κ3) is 3.52. The van der Waals surface area contributed by atoms with E-state index in [1.807, 2.05) is 0 Å². The van der Waals surface area contributed by atoms with Gasteiger partial charge in [0.25, 0.3) is 0 Å². The van der Waals surface area contributed by atoms with Crippen LogP contribution in [0, 0.1) is 0 Å². The number of hydrogen-bond donors (Lipinski definition) is 0. The highest BCUT2D eigenvalue weighted by molar-refractivity contribution is 6.03. The van der Waals surface area contributed by atoms with Gasteiger partial charge in [0.2, 0.25) is 0 Å². The van der Waals surface area contributed by atoms with Gasteiger partial charge in [-0.3, -0.25) is 0 Å². The lowest BCUT2D eigenvalue weighted by Gasteiger charge is -2.17. The molecule has 1 aromatic carbocycles. The van der Waals surface area contributed by atoms with Crippen LogP contribution in [0.2, 0.25) is 0 Å². The summed E-state index contributed by atoms with van der Waals surface area (Å²) in [5, 5.41) is 3.84. The van der Waals surface area contributed by atoms with Crippen molar-refractivity contribution in [3.05, 3.63) is 29.8 Å². The van der Waals surface area contributed by atoms with Crippen molar-refractivity contribution < 1.29 is 27.9 Å². The van der Waals surface area contributed by atoms with Gasteiger partial charge >= 0.3 is 11.9 Å². The predicted molar refractivity (Wildman–Crippen MR) is 75.2 cm³/mol. The topological polar surface area (TPSA) is 57.1 Å². The lowest BCUT2D eigenvalue weighted by Crippen LogP contribution is -2.35. The number of methoxy groups -OCH3 is 1. The molecule has 0 spiro atoms. The first-order chi connectivity index (χ1) is 10.5. The molecule has 0 amide bonds. The largest absolute Gasteiger partial charge is 0.496 e. The van der Waals surface area contributed by atoms with E-state index in [2.05, 4.69) is 9.89 Å². The maximum absolute atomic E-state index is 13.7. The van der Waals surface area contributed by atoms with Crippen molar-refractivity contribution in [1.82, 2.24) is 0 Å². The van der Waals surface area contributed by atoms with Crippen LogP contribution in [0.15, 0.2) is 29.4 Å². The van der Waals surface area contributed by atoms with Gasteiger partial charge in [-0.1, -0.05) is 17.3 Å². The van der Waals surface area contributed by atoms with Gasteiger partial charge in [0, 0.05) is 12.0 Å². The molecule has 2 rings (SSSR count). The van der Waals surface area contributed by atoms with Crippen molar-refractivity contribution in [2.45, 2.75) is 31.8 Å². The quantitative estimate of drug-likeness (QED) is 0.758. The van der Waals surface area contributed by atoms with Gasteiger partial charge in [0.05, 0.1) is 25.8 Å². The van der Waals surface area contributed by atoms with E-state index >= 15 is 0 Å². The minimum atomic E-state index is -3.59. The van der Waals surface area contributed by atoms with Crippen LogP contribution in [0.5, 0.6) is 5.75 Å². The van der Waals surface area contributed by atoms with Crippen LogP contribution in [-0.2, 0) is 14.4 Å². The summed E-state index contributed by atoms with van der Waals surface area (Å²) in [6, 6.07) is 7.11. The van der Waals surface area contributed by atoms with Gasteiger partial charge in [-0.25, -0.2) is 4.79 Å². The number of rotatable bonds is 6. The zero-order chi connectivity index (χ0) is 16.2. The number of carbonyl (C=O) groups excluding carboxylic acids is 1. The Morgan fingerprint density at radius 1 is 1.45 bits per heavy atom. The Hall–Kier alpha value is -2.18. The molecule has 0 N–H and O–H groups in total. The van der Waals surface area contributed by atoms with Crippen LogP contribution in [0.4, 0.5) is 8.78 Å². The number of para-hydroxylation sites is 1. The molecule has 0 radical (unpaired) electrons. The number of alkyl halides is 2. The van der Waals surface area contributed by atoms with Gasteiger partial charge in [0.15, 0.2) is 0 Å². The number of esters is 1. The lowest BCUT2D eigenvalue weighted by atomic mass is 10.0. The lowest BCUT2D eigenvalue weighted by molar-refractivity contribution is -0.176. The molecule has 1 aliphatic rings. The summed E-state index contributed by atoms with van der Waals surface area (Å²) < 4.78 is 37.0. The maximum atomic E-state index is 13.7. The first kappa shape index (κ1) is 16.2. The van der Waals surface area contributed by atoms with Gasteiger partial charge in [0.1, 0.15) is 11.9 Å². The Balaban J connectivity index is 2.02. The molecule has 7 heteroatoms. The number of ether oxygens (including phenoxy) is 2. The summed E-state index contributed by atoms with van der Waals surface area (Å²) in [7, 11) is 1.52. The van der Waals surface area contributed by atoms with E-state index in [9.17, 15) is 13.6 Å². The highest BCUT2D eigenvalue weighted by atomic mass is 19.3. The molecule has 0 bridgehead atoms. The Labute approximate surface area is 126 Å². The summed E-state index contributed by atoms with van der Waals surface area (Å²) >= 11 is 0. The first-order valence-electron chi connectivity index (χ1n) is 6.89. The Morgan fingerprint density at radius 3 is 2.86 bits per heavy atom. The SMILES string of the molecule is CCOC(=O)C(F)(F)CC1CC(c2ccccc2OC)=NO1. The smallest absolute Gasteiger partial charge is 0.377 e. The van der Waals surface area contributed by atoms with E-state index in [1.165, 1.54) is 14.0 Å². The van der Waals surface area contributed by atoms with Crippen molar-refractivity contribution >= 4 is 11.7 Å². The van der Waals surface area contributed by atoms with Gasteiger partial charge in [-0.15, -0.1) is 0 Å². The molecule has 0 saturated carbocycles. The van der Waals surface area contributed by atoms with Crippen molar-refractivity contribution in [1.29, 1.82) is 0 Å². The fraction of sp³-hybridized carbons (Fsp3) is 0.467. The molecule has 1 heterocycles. The zero-order valence-electron chi connectivity index (χ0n) is 12.3. The van der Waals surface area contributed by atoms with Crippen LogP contribution in [0.25, 0.3) is 0 Å². The third-order valence-corrected chi connectivity index (χ3v) is 3.21. The zero-order valence-corrected chi connectivity index (χ0v) is 12.3. The fourth-order valence-corrected chi connectivity index (χ4v) is 2.19. The molecular weight excluding hydrogens is 296 g/mol. The monoisotopic (exact) mass is 313 g/mol. The highest BCUT2D eigenvalue weighted by Gasteiger charge is 2.45. The van der Waals surface area contributed by atoms with Crippen molar-refractivity contribution in [2.75, 3.05) is 13.7 Å². The van der Waals surface area contributed by atoms with E-state index in [4.69, 9.17) is 9.57 Å². The first-order valence-corrected chi connectivity index (χ1v) is 6.89. The predicted octanol–water partition coefficient (Wildman–Crippen LogP) is 2.78.